The van der Waals surface area contributed by atoms with Gasteiger partial charge in [0, 0.05) is 12.2 Å². The Morgan fingerprint density at radius 3 is 2.46 bits per heavy atom. The average Bonchev–Trinajstić information content (AvgIpc) is 2.18. The molecule has 1 aromatic rings. The molecule has 0 bridgehead atoms. The van der Waals surface area contributed by atoms with Crippen LogP contribution in [0, 0.1) is 6.92 Å². The lowest BCUT2D eigenvalue weighted by molar-refractivity contribution is 0.979. The summed E-state index contributed by atoms with van der Waals surface area (Å²) in [5.41, 5.74) is 2.54. The molecule has 0 atom stereocenters. The lowest BCUT2D eigenvalue weighted by Crippen LogP contribution is -1.98. The molecule has 0 aliphatic heterocycles. The maximum atomic E-state index is 3.34. The highest BCUT2D eigenvalue weighted by Crippen LogP contribution is 2.08. The van der Waals surface area contributed by atoms with Crippen LogP contribution in [0.15, 0.2) is 24.3 Å². The first-order valence-corrected chi connectivity index (χ1v) is 5.13. The predicted octanol–water partition coefficient (Wildman–Crippen LogP) is 3.84. The first-order chi connectivity index (χ1) is 6.33. The minimum absolute atomic E-state index is 1.06. The van der Waals surface area contributed by atoms with Crippen molar-refractivity contribution in [2.24, 2.45) is 0 Å². The Balaban J connectivity index is 0.000000671. The summed E-state index contributed by atoms with van der Waals surface area (Å²) in [5, 5.41) is 3.34. The third-order valence-corrected chi connectivity index (χ3v) is 1.60. The number of anilines is 1. The Bertz CT molecular complexity index is 218. The van der Waals surface area contributed by atoms with Gasteiger partial charge in [0.25, 0.3) is 0 Å². The molecule has 0 unspecified atom stereocenters. The van der Waals surface area contributed by atoms with Crippen LogP contribution in [-0.4, -0.2) is 6.54 Å². The van der Waals surface area contributed by atoms with Crippen molar-refractivity contribution in [3.8, 4) is 0 Å². The van der Waals surface area contributed by atoms with Crippen molar-refractivity contribution < 1.29 is 0 Å². The van der Waals surface area contributed by atoms with Gasteiger partial charge in [-0.3, -0.25) is 0 Å². The Hall–Kier alpha value is -0.980. The van der Waals surface area contributed by atoms with Crippen molar-refractivity contribution in [3.05, 3.63) is 29.8 Å². The first kappa shape index (κ1) is 12.0. The van der Waals surface area contributed by atoms with Crippen LogP contribution >= 0.6 is 0 Å². The van der Waals surface area contributed by atoms with Crippen LogP contribution in [0.2, 0.25) is 0 Å². The van der Waals surface area contributed by atoms with Gasteiger partial charge in [-0.2, -0.15) is 0 Å². The van der Waals surface area contributed by atoms with Gasteiger partial charge in [-0.05, 0) is 31.0 Å². The van der Waals surface area contributed by atoms with Crippen LogP contribution in [0.4, 0.5) is 5.69 Å². The predicted molar refractivity (Wildman–Crippen MR) is 61.3 cm³/mol. The van der Waals surface area contributed by atoms with Crippen molar-refractivity contribution in [2.45, 2.75) is 34.1 Å². The van der Waals surface area contributed by atoms with Crippen LogP contribution in [0.5, 0.6) is 0 Å². The third-order valence-electron chi connectivity index (χ3n) is 1.60. The molecule has 0 saturated heterocycles. The van der Waals surface area contributed by atoms with Gasteiger partial charge >= 0.3 is 0 Å². The van der Waals surface area contributed by atoms with Gasteiger partial charge < -0.3 is 5.32 Å². The molecule has 0 heterocycles. The monoisotopic (exact) mass is 179 g/mol. The van der Waals surface area contributed by atoms with E-state index in [2.05, 4.69) is 43.4 Å². The highest BCUT2D eigenvalue weighted by Gasteiger charge is 1.88. The van der Waals surface area contributed by atoms with Crippen LogP contribution in [0.3, 0.4) is 0 Å². The van der Waals surface area contributed by atoms with Gasteiger partial charge in [-0.15, -0.1) is 0 Å². The largest absolute Gasteiger partial charge is 0.385 e. The number of aryl methyl sites for hydroxylation is 1. The van der Waals surface area contributed by atoms with Crippen molar-refractivity contribution in [1.29, 1.82) is 0 Å². The van der Waals surface area contributed by atoms with Crippen LogP contribution < -0.4 is 5.32 Å². The second kappa shape index (κ2) is 7.66. The molecule has 0 aromatic heterocycles. The topological polar surface area (TPSA) is 12.0 Å². The Morgan fingerprint density at radius 2 is 1.92 bits per heavy atom. The number of hydrogen-bond acceptors (Lipinski definition) is 1. The molecule has 74 valence electrons. The minimum Gasteiger partial charge on any atom is -0.385 e. The van der Waals surface area contributed by atoms with E-state index in [0.717, 1.165) is 6.54 Å². The number of hydrogen-bond donors (Lipinski definition) is 1. The van der Waals surface area contributed by atoms with E-state index in [9.17, 15) is 0 Å². The van der Waals surface area contributed by atoms with Gasteiger partial charge in [0.05, 0.1) is 0 Å². The summed E-state index contributed by atoms with van der Waals surface area (Å²) in [7, 11) is 0. The van der Waals surface area contributed by atoms with E-state index in [-0.39, 0.29) is 0 Å². The molecule has 1 N–H and O–H groups in total. The Kier molecular flexibility index (Phi) is 7.08. The molecule has 1 rings (SSSR count). The molecule has 13 heavy (non-hydrogen) atoms. The second-order valence-electron chi connectivity index (χ2n) is 2.80. The molecule has 0 spiro atoms. The molecule has 0 aliphatic carbocycles. The fourth-order valence-corrected chi connectivity index (χ4v) is 1.02. The molecule has 1 aromatic carbocycles. The van der Waals surface area contributed by atoms with Crippen LogP contribution in [-0.2, 0) is 0 Å². The average molecular weight is 179 g/mol. The Labute approximate surface area is 82.2 Å². The summed E-state index contributed by atoms with van der Waals surface area (Å²) in [6.45, 7) is 9.34. The molecule has 1 nitrogen and oxygen atoms in total. The summed E-state index contributed by atoms with van der Waals surface area (Å²) >= 11 is 0. The normalized spacial score (nSPS) is 8.62. The summed E-state index contributed by atoms with van der Waals surface area (Å²) < 4.78 is 0. The number of nitrogens with one attached hydrogen (secondary N) is 1. The third kappa shape index (κ3) is 5.29. The van der Waals surface area contributed by atoms with Gasteiger partial charge in [-0.25, -0.2) is 0 Å². The van der Waals surface area contributed by atoms with Gasteiger partial charge in [-0.1, -0.05) is 32.9 Å². The highest BCUT2D eigenvalue weighted by molar-refractivity contribution is 5.45. The molecular formula is C12H21N. The molecular weight excluding hydrogens is 158 g/mol. The lowest BCUT2D eigenvalue weighted by Gasteiger charge is -2.04. The highest BCUT2D eigenvalue weighted by atomic mass is 14.9. The number of rotatable bonds is 3. The summed E-state index contributed by atoms with van der Waals surface area (Å²) in [6, 6.07) is 8.45. The summed E-state index contributed by atoms with van der Waals surface area (Å²) in [4.78, 5) is 0. The van der Waals surface area contributed by atoms with E-state index >= 15 is 0 Å². The quantitative estimate of drug-likeness (QED) is 0.743. The molecule has 0 amide bonds. The summed E-state index contributed by atoms with van der Waals surface area (Å²) in [6.07, 6.45) is 1.17. The smallest absolute Gasteiger partial charge is 0.0342 e. The molecule has 1 heteroatoms. The lowest BCUT2D eigenvalue weighted by atomic mass is 10.2. The minimum atomic E-state index is 1.06. The van der Waals surface area contributed by atoms with Crippen LogP contribution in [0.1, 0.15) is 32.8 Å². The van der Waals surface area contributed by atoms with Crippen LogP contribution in [0.25, 0.3) is 0 Å². The van der Waals surface area contributed by atoms with Gasteiger partial charge in [0.1, 0.15) is 0 Å². The van der Waals surface area contributed by atoms with E-state index in [1.54, 1.807) is 0 Å². The fraction of sp³-hybridized carbons (Fsp3) is 0.500. The molecule has 0 fully saturated rings. The number of benzene rings is 1. The van der Waals surface area contributed by atoms with E-state index in [1.165, 1.54) is 17.7 Å². The van der Waals surface area contributed by atoms with E-state index < -0.39 is 0 Å². The zero-order valence-electron chi connectivity index (χ0n) is 9.22. The molecule has 0 aliphatic rings. The van der Waals surface area contributed by atoms with E-state index in [1.807, 2.05) is 13.8 Å². The fourth-order valence-electron chi connectivity index (χ4n) is 1.02. The van der Waals surface area contributed by atoms with Crippen molar-refractivity contribution >= 4 is 5.69 Å². The van der Waals surface area contributed by atoms with E-state index in [4.69, 9.17) is 0 Å². The van der Waals surface area contributed by atoms with Crippen molar-refractivity contribution in [1.82, 2.24) is 0 Å². The zero-order valence-corrected chi connectivity index (χ0v) is 9.22. The second-order valence-corrected chi connectivity index (χ2v) is 2.80. The van der Waals surface area contributed by atoms with Gasteiger partial charge in [0.2, 0.25) is 0 Å². The van der Waals surface area contributed by atoms with E-state index in [0.29, 0.717) is 0 Å². The molecule has 0 radical (unpaired) electrons. The zero-order chi connectivity index (χ0) is 10.1. The standard InChI is InChI=1S/C10H15N.C2H6/c1-3-7-11-10-6-4-5-9(2)8-10;1-2/h4-6,8,11H,3,7H2,1-2H3;1-2H3. The summed E-state index contributed by atoms with van der Waals surface area (Å²) in [5.74, 6) is 0. The van der Waals surface area contributed by atoms with Crippen molar-refractivity contribution in [2.75, 3.05) is 11.9 Å². The Morgan fingerprint density at radius 1 is 1.23 bits per heavy atom. The van der Waals surface area contributed by atoms with Crippen molar-refractivity contribution in [3.63, 3.8) is 0 Å². The van der Waals surface area contributed by atoms with Gasteiger partial charge in [0.15, 0.2) is 0 Å². The maximum Gasteiger partial charge on any atom is 0.0342 e. The molecule has 0 saturated carbocycles. The maximum absolute atomic E-state index is 3.34. The first-order valence-electron chi connectivity index (χ1n) is 5.13. The SMILES string of the molecule is CC.CCCNc1cccc(C)c1.